The van der Waals surface area contributed by atoms with Crippen LogP contribution in [0.15, 0.2) is 55.0 Å². The third-order valence-electron chi connectivity index (χ3n) is 5.92. The van der Waals surface area contributed by atoms with Gasteiger partial charge in [0, 0.05) is 56.9 Å². The van der Waals surface area contributed by atoms with Crippen molar-refractivity contribution < 1.29 is 18.8 Å². The molecule has 0 radical (unpaired) electrons. The second-order valence-electron chi connectivity index (χ2n) is 8.07. The summed E-state index contributed by atoms with van der Waals surface area (Å²) in [5.74, 6) is -1.48. The van der Waals surface area contributed by atoms with Gasteiger partial charge in [0.05, 0.1) is 17.3 Å². The van der Waals surface area contributed by atoms with Gasteiger partial charge in [-0.25, -0.2) is 4.39 Å². The molecule has 1 N–H and O–H groups in total. The van der Waals surface area contributed by atoms with Crippen LogP contribution in [0.25, 0.3) is 10.9 Å². The van der Waals surface area contributed by atoms with Gasteiger partial charge >= 0.3 is 0 Å². The van der Waals surface area contributed by atoms with Gasteiger partial charge in [0.2, 0.25) is 11.8 Å². The molecule has 1 fully saturated rings. The van der Waals surface area contributed by atoms with Crippen LogP contribution in [0, 0.1) is 5.82 Å². The monoisotopic (exact) mass is 487 g/mol. The fourth-order valence-electron chi connectivity index (χ4n) is 4.03. The molecular weight excluding hydrogens is 461 g/mol. The summed E-state index contributed by atoms with van der Waals surface area (Å²) in [6.45, 7) is 3.79. The second kappa shape index (κ2) is 11.1. The zero-order valence-electron chi connectivity index (χ0n) is 18.8. The van der Waals surface area contributed by atoms with Crippen LogP contribution in [0.1, 0.15) is 23.7 Å². The minimum atomic E-state index is -0.796. The molecule has 0 saturated carbocycles. The highest BCUT2D eigenvalue weighted by Crippen LogP contribution is 2.15. The van der Waals surface area contributed by atoms with E-state index in [-0.39, 0.29) is 29.8 Å². The summed E-state index contributed by atoms with van der Waals surface area (Å²) < 4.78 is 15.8. The molecule has 34 heavy (non-hydrogen) atoms. The second-order valence-corrected chi connectivity index (χ2v) is 8.07. The zero-order chi connectivity index (χ0) is 23.4. The summed E-state index contributed by atoms with van der Waals surface area (Å²) in [4.78, 5) is 45.2. The van der Waals surface area contributed by atoms with Crippen molar-refractivity contribution in [3.63, 3.8) is 0 Å². The Bertz CT molecular complexity index is 1180. The van der Waals surface area contributed by atoms with Crippen LogP contribution in [-0.2, 0) is 16.1 Å². The number of carbonyl (C=O) groups is 3. The molecule has 0 bridgehead atoms. The molecule has 1 aliphatic rings. The molecule has 1 saturated heterocycles. The van der Waals surface area contributed by atoms with Crippen molar-refractivity contribution in [3.05, 3.63) is 66.4 Å². The van der Waals surface area contributed by atoms with Gasteiger partial charge in [0.15, 0.2) is 0 Å². The van der Waals surface area contributed by atoms with Gasteiger partial charge < -0.3 is 19.7 Å². The minimum absolute atomic E-state index is 0. The summed E-state index contributed by atoms with van der Waals surface area (Å²) >= 11 is 0. The smallest absolute Gasteiger partial charge is 0.254 e. The molecule has 0 aliphatic carbocycles. The predicted octanol–water partition coefficient (Wildman–Crippen LogP) is 2.48. The average molecular weight is 488 g/mol. The van der Waals surface area contributed by atoms with E-state index in [4.69, 9.17) is 0 Å². The van der Waals surface area contributed by atoms with Crippen molar-refractivity contribution in [3.8, 4) is 0 Å². The number of pyridine rings is 1. The zero-order valence-corrected chi connectivity index (χ0v) is 19.6. The average Bonchev–Trinajstić information content (AvgIpc) is 3.25. The van der Waals surface area contributed by atoms with Gasteiger partial charge in [-0.1, -0.05) is 12.1 Å². The van der Waals surface area contributed by atoms with Gasteiger partial charge in [-0.15, -0.1) is 12.4 Å². The van der Waals surface area contributed by atoms with E-state index < -0.39 is 17.8 Å². The number of rotatable bonds is 6. The van der Waals surface area contributed by atoms with Gasteiger partial charge in [-0.2, -0.15) is 0 Å². The summed E-state index contributed by atoms with van der Waals surface area (Å²) in [6, 6.07) is 8.78. The van der Waals surface area contributed by atoms with Crippen LogP contribution in [0.5, 0.6) is 0 Å². The van der Waals surface area contributed by atoms with Gasteiger partial charge in [0.1, 0.15) is 11.9 Å². The fraction of sp³-hybridized carbons (Fsp3) is 0.333. The van der Waals surface area contributed by atoms with E-state index in [0.29, 0.717) is 39.1 Å². The summed E-state index contributed by atoms with van der Waals surface area (Å²) in [6.07, 6.45) is 5.84. The van der Waals surface area contributed by atoms with Crippen LogP contribution >= 0.6 is 12.4 Å². The van der Waals surface area contributed by atoms with E-state index in [2.05, 4.69) is 10.3 Å². The number of carbonyl (C=O) groups excluding carboxylic acids is 3. The predicted molar refractivity (Wildman–Crippen MR) is 128 cm³/mol. The van der Waals surface area contributed by atoms with E-state index in [9.17, 15) is 18.8 Å². The Labute approximate surface area is 203 Å². The maximum absolute atomic E-state index is 13.8. The minimum Gasteiger partial charge on any atom is -0.346 e. The Morgan fingerprint density at radius 1 is 1.06 bits per heavy atom. The lowest BCUT2D eigenvalue weighted by atomic mass is 10.1. The summed E-state index contributed by atoms with van der Waals surface area (Å²) in [5, 5.41) is 3.64. The van der Waals surface area contributed by atoms with E-state index in [1.807, 2.05) is 22.9 Å². The van der Waals surface area contributed by atoms with Crippen molar-refractivity contribution in [1.29, 1.82) is 0 Å². The fourth-order valence-corrected chi connectivity index (χ4v) is 4.03. The third-order valence-corrected chi connectivity index (χ3v) is 5.92. The molecule has 3 amide bonds. The number of nitrogens with zero attached hydrogens (tertiary/aromatic N) is 4. The van der Waals surface area contributed by atoms with Gasteiger partial charge in [-0.3, -0.25) is 19.4 Å². The molecule has 180 valence electrons. The molecule has 0 spiro atoms. The molecule has 1 atom stereocenters. The largest absolute Gasteiger partial charge is 0.346 e. The third kappa shape index (κ3) is 5.53. The molecule has 1 aromatic carbocycles. The number of nitrogens with one attached hydrogen (secondary N) is 1. The number of benzene rings is 1. The highest BCUT2D eigenvalue weighted by atomic mass is 35.5. The van der Waals surface area contributed by atoms with Crippen molar-refractivity contribution in [1.82, 2.24) is 24.7 Å². The van der Waals surface area contributed by atoms with Crippen LogP contribution in [0.4, 0.5) is 4.39 Å². The molecule has 1 unspecified atom stereocenters. The summed E-state index contributed by atoms with van der Waals surface area (Å²) in [7, 11) is 0. The van der Waals surface area contributed by atoms with Crippen LogP contribution in [0.2, 0.25) is 0 Å². The Hall–Kier alpha value is -3.46. The molecule has 3 heterocycles. The topological polar surface area (TPSA) is 87.5 Å². The molecule has 4 rings (SSSR count). The standard InChI is InChI=1S/C24H26FN5O3.ClH/c1-17(27-23(32)19-4-2-3-5-20(19)25)24(33)30-14-12-29(13-15-30)22(31)8-11-28-10-7-18-6-9-26-16-21(18)28;/h2-7,9-10,16-17H,8,11-15H2,1H3,(H,27,32);1H. The quantitative estimate of drug-likeness (QED) is 0.578. The Kier molecular flexibility index (Phi) is 8.22. The number of amides is 3. The molecule has 1 aliphatic heterocycles. The van der Waals surface area contributed by atoms with Gasteiger partial charge in [-0.05, 0) is 31.2 Å². The van der Waals surface area contributed by atoms with Crippen molar-refractivity contribution in [2.24, 2.45) is 0 Å². The molecule has 10 heteroatoms. The van der Waals surface area contributed by atoms with Crippen LogP contribution in [-0.4, -0.2) is 69.3 Å². The van der Waals surface area contributed by atoms with Crippen molar-refractivity contribution in [2.75, 3.05) is 26.2 Å². The number of piperazine rings is 1. The Morgan fingerprint density at radius 2 is 1.76 bits per heavy atom. The molecule has 3 aromatic rings. The molecule has 8 nitrogen and oxygen atoms in total. The Balaban J connectivity index is 0.00000324. The molecular formula is C24H27ClFN5O3. The van der Waals surface area contributed by atoms with Crippen molar-refractivity contribution >= 4 is 41.0 Å². The number of halogens is 2. The summed E-state index contributed by atoms with van der Waals surface area (Å²) in [5.41, 5.74) is 0.894. The van der Waals surface area contributed by atoms with Gasteiger partial charge in [0.25, 0.3) is 5.91 Å². The van der Waals surface area contributed by atoms with E-state index in [1.54, 1.807) is 35.2 Å². The first-order valence-corrected chi connectivity index (χ1v) is 10.9. The number of aryl methyl sites for hydroxylation is 1. The van der Waals surface area contributed by atoms with Crippen molar-refractivity contribution in [2.45, 2.75) is 25.9 Å². The SMILES string of the molecule is CC(NC(=O)c1ccccc1F)C(=O)N1CCN(C(=O)CCn2ccc3ccncc32)CC1.Cl. The Morgan fingerprint density at radius 3 is 2.50 bits per heavy atom. The lowest BCUT2D eigenvalue weighted by Gasteiger charge is -2.36. The first-order chi connectivity index (χ1) is 15.9. The number of fused-ring (bicyclic) bond motifs is 1. The lowest BCUT2D eigenvalue weighted by Crippen LogP contribution is -2.55. The van der Waals surface area contributed by atoms with E-state index in [0.717, 1.165) is 10.9 Å². The maximum atomic E-state index is 13.8. The first-order valence-electron chi connectivity index (χ1n) is 10.9. The van der Waals surface area contributed by atoms with Crippen LogP contribution < -0.4 is 5.32 Å². The normalized spacial score (nSPS) is 14.4. The number of hydrogen-bond donors (Lipinski definition) is 1. The number of aromatic nitrogens is 2. The highest BCUT2D eigenvalue weighted by Gasteiger charge is 2.28. The van der Waals surface area contributed by atoms with E-state index in [1.165, 1.54) is 18.2 Å². The molecule has 2 aromatic heterocycles. The van der Waals surface area contributed by atoms with Crippen LogP contribution in [0.3, 0.4) is 0 Å². The first kappa shape index (κ1) is 25.2. The maximum Gasteiger partial charge on any atom is 0.254 e. The van der Waals surface area contributed by atoms with E-state index >= 15 is 0 Å². The highest BCUT2D eigenvalue weighted by molar-refractivity contribution is 5.97. The lowest BCUT2D eigenvalue weighted by molar-refractivity contribution is -0.140. The number of hydrogen-bond acceptors (Lipinski definition) is 4.